The summed E-state index contributed by atoms with van der Waals surface area (Å²) in [5.41, 5.74) is 4.33. The smallest absolute Gasteiger partial charge is 0.255 e. The Bertz CT molecular complexity index is 1170. The largest absolute Gasteiger partial charge is 0.436 e. The van der Waals surface area contributed by atoms with Crippen LogP contribution < -0.4 is 5.32 Å². The molecular formula is C21H14BrClN2O2. The van der Waals surface area contributed by atoms with E-state index in [4.69, 9.17) is 16.0 Å². The average molecular weight is 442 g/mol. The first-order valence-corrected chi connectivity index (χ1v) is 9.41. The third-order valence-corrected chi connectivity index (χ3v) is 4.98. The highest BCUT2D eigenvalue weighted by Crippen LogP contribution is 2.31. The molecule has 0 unspecified atom stereocenters. The molecule has 1 heterocycles. The predicted octanol–water partition coefficient (Wildman–Crippen LogP) is 6.47. The van der Waals surface area contributed by atoms with Gasteiger partial charge >= 0.3 is 0 Å². The number of anilines is 1. The molecule has 0 aliphatic carbocycles. The Morgan fingerprint density at radius 3 is 2.74 bits per heavy atom. The predicted molar refractivity (Wildman–Crippen MR) is 111 cm³/mol. The van der Waals surface area contributed by atoms with Gasteiger partial charge in [0.15, 0.2) is 5.58 Å². The van der Waals surface area contributed by atoms with E-state index in [9.17, 15) is 4.79 Å². The van der Waals surface area contributed by atoms with Crippen LogP contribution in [0.1, 0.15) is 15.9 Å². The van der Waals surface area contributed by atoms with E-state index in [0.717, 1.165) is 15.6 Å². The van der Waals surface area contributed by atoms with Crippen LogP contribution >= 0.6 is 27.5 Å². The zero-order valence-corrected chi connectivity index (χ0v) is 16.6. The van der Waals surface area contributed by atoms with E-state index >= 15 is 0 Å². The maximum absolute atomic E-state index is 12.6. The minimum atomic E-state index is -0.180. The number of halogens is 2. The van der Waals surface area contributed by atoms with Gasteiger partial charge in [-0.05, 0) is 61.0 Å². The molecule has 0 saturated heterocycles. The fraction of sp³-hybridized carbons (Fsp3) is 0.0476. The Kier molecular flexibility index (Phi) is 4.72. The molecule has 0 radical (unpaired) electrons. The summed E-state index contributed by atoms with van der Waals surface area (Å²) in [5, 5.41) is 3.56. The molecule has 4 aromatic rings. The highest BCUT2D eigenvalue weighted by Gasteiger charge is 2.15. The minimum Gasteiger partial charge on any atom is -0.436 e. The van der Waals surface area contributed by atoms with Gasteiger partial charge in [0.05, 0.1) is 0 Å². The molecule has 27 heavy (non-hydrogen) atoms. The van der Waals surface area contributed by atoms with Crippen LogP contribution in [0, 0.1) is 6.92 Å². The number of fused-ring (bicyclic) bond motifs is 1. The first-order chi connectivity index (χ1) is 13.0. The number of benzene rings is 3. The summed E-state index contributed by atoms with van der Waals surface area (Å²) in [4.78, 5) is 17.1. The lowest BCUT2D eigenvalue weighted by Gasteiger charge is -2.11. The molecule has 0 aliphatic heterocycles. The highest BCUT2D eigenvalue weighted by atomic mass is 79.9. The average Bonchev–Trinajstić information content (AvgIpc) is 3.06. The summed E-state index contributed by atoms with van der Waals surface area (Å²) >= 11 is 9.41. The van der Waals surface area contributed by atoms with E-state index in [1.54, 1.807) is 30.3 Å². The normalized spacial score (nSPS) is 10.9. The first-order valence-electron chi connectivity index (χ1n) is 8.24. The summed E-state index contributed by atoms with van der Waals surface area (Å²) in [6, 6.07) is 18.2. The second-order valence-corrected chi connectivity index (χ2v) is 7.43. The van der Waals surface area contributed by atoms with E-state index in [0.29, 0.717) is 33.3 Å². The Balaban J connectivity index is 1.69. The van der Waals surface area contributed by atoms with Crippen molar-refractivity contribution in [3.05, 3.63) is 81.3 Å². The van der Waals surface area contributed by atoms with Crippen LogP contribution in [0.2, 0.25) is 5.02 Å². The zero-order valence-electron chi connectivity index (χ0n) is 14.3. The summed E-state index contributed by atoms with van der Waals surface area (Å²) in [6.07, 6.45) is 0. The van der Waals surface area contributed by atoms with Crippen LogP contribution in [0.3, 0.4) is 0 Å². The van der Waals surface area contributed by atoms with E-state index in [1.165, 1.54) is 0 Å². The molecule has 0 fully saturated rings. The Hall–Kier alpha value is -2.63. The van der Waals surface area contributed by atoms with Gasteiger partial charge in [0.1, 0.15) is 5.52 Å². The number of amides is 1. The van der Waals surface area contributed by atoms with Crippen LogP contribution in [0.25, 0.3) is 22.6 Å². The van der Waals surface area contributed by atoms with E-state index in [1.807, 2.05) is 37.3 Å². The minimum absolute atomic E-state index is 0.180. The fourth-order valence-corrected chi connectivity index (χ4v) is 3.41. The number of carbonyl (C=O) groups excluding carboxylic acids is 1. The van der Waals surface area contributed by atoms with Crippen LogP contribution in [0.15, 0.2) is 69.6 Å². The summed E-state index contributed by atoms with van der Waals surface area (Å²) < 4.78 is 6.71. The third-order valence-electron chi connectivity index (χ3n) is 4.25. The molecule has 6 heteroatoms. The quantitative estimate of drug-likeness (QED) is 0.396. The maximum Gasteiger partial charge on any atom is 0.255 e. The molecule has 0 atom stereocenters. The van der Waals surface area contributed by atoms with Gasteiger partial charge in [-0.1, -0.05) is 39.7 Å². The monoisotopic (exact) mass is 440 g/mol. The number of nitrogens with one attached hydrogen (secondary N) is 1. The van der Waals surface area contributed by atoms with Gasteiger partial charge < -0.3 is 9.73 Å². The lowest BCUT2D eigenvalue weighted by Crippen LogP contribution is -2.13. The topological polar surface area (TPSA) is 55.1 Å². The Labute approximate surface area is 169 Å². The van der Waals surface area contributed by atoms with Gasteiger partial charge in [0.25, 0.3) is 5.91 Å². The van der Waals surface area contributed by atoms with Crippen molar-refractivity contribution in [2.75, 3.05) is 5.32 Å². The third kappa shape index (κ3) is 3.61. The number of oxazole rings is 1. The fourth-order valence-electron chi connectivity index (χ4n) is 2.84. The number of rotatable bonds is 3. The van der Waals surface area contributed by atoms with Crippen molar-refractivity contribution in [1.82, 2.24) is 4.98 Å². The van der Waals surface area contributed by atoms with Crippen LogP contribution in [-0.2, 0) is 0 Å². The molecular weight excluding hydrogens is 428 g/mol. The first kappa shape index (κ1) is 17.8. The molecule has 1 N–H and O–H groups in total. The van der Waals surface area contributed by atoms with Crippen LogP contribution in [0.4, 0.5) is 5.69 Å². The lowest BCUT2D eigenvalue weighted by atomic mass is 10.1. The molecule has 1 aromatic heterocycles. The number of aromatic nitrogens is 1. The number of nitrogens with zero attached hydrogens (tertiary/aromatic N) is 1. The molecule has 4 rings (SSSR count). The highest BCUT2D eigenvalue weighted by molar-refractivity contribution is 9.10. The second kappa shape index (κ2) is 7.18. The molecule has 0 aliphatic rings. The van der Waals surface area contributed by atoms with Gasteiger partial charge in [-0.15, -0.1) is 0 Å². The van der Waals surface area contributed by atoms with Gasteiger partial charge in [-0.2, -0.15) is 0 Å². The van der Waals surface area contributed by atoms with E-state index in [2.05, 4.69) is 26.2 Å². The standard InChI is InChI=1S/C21H14BrClN2O2/c1-12-16(21-25-18-11-15(23)8-9-19(18)27-21)6-3-7-17(12)24-20(26)13-4-2-5-14(22)10-13/h2-11H,1H3,(H,24,26). The van der Waals surface area contributed by atoms with Crippen molar-refractivity contribution in [3.8, 4) is 11.5 Å². The van der Waals surface area contributed by atoms with E-state index < -0.39 is 0 Å². The van der Waals surface area contributed by atoms with Crippen LogP contribution in [-0.4, -0.2) is 10.9 Å². The number of hydrogen-bond acceptors (Lipinski definition) is 3. The van der Waals surface area contributed by atoms with Crippen molar-refractivity contribution < 1.29 is 9.21 Å². The van der Waals surface area contributed by atoms with Crippen molar-refractivity contribution in [1.29, 1.82) is 0 Å². The molecule has 3 aromatic carbocycles. The van der Waals surface area contributed by atoms with Gasteiger partial charge in [0, 0.05) is 26.3 Å². The molecule has 134 valence electrons. The lowest BCUT2D eigenvalue weighted by molar-refractivity contribution is 0.102. The van der Waals surface area contributed by atoms with Gasteiger partial charge in [-0.3, -0.25) is 4.79 Å². The van der Waals surface area contributed by atoms with Gasteiger partial charge in [0.2, 0.25) is 5.89 Å². The zero-order chi connectivity index (χ0) is 19.0. The Morgan fingerprint density at radius 1 is 1.11 bits per heavy atom. The maximum atomic E-state index is 12.6. The molecule has 4 nitrogen and oxygen atoms in total. The second-order valence-electron chi connectivity index (χ2n) is 6.07. The van der Waals surface area contributed by atoms with Crippen molar-refractivity contribution in [2.45, 2.75) is 6.92 Å². The summed E-state index contributed by atoms with van der Waals surface area (Å²) in [7, 11) is 0. The molecule has 1 amide bonds. The number of carbonyl (C=O) groups is 1. The van der Waals surface area contributed by atoms with Crippen molar-refractivity contribution >= 4 is 50.2 Å². The van der Waals surface area contributed by atoms with Crippen LogP contribution in [0.5, 0.6) is 0 Å². The molecule has 0 spiro atoms. The molecule has 0 saturated carbocycles. The van der Waals surface area contributed by atoms with Gasteiger partial charge in [-0.25, -0.2) is 4.98 Å². The summed E-state index contributed by atoms with van der Waals surface area (Å²) in [5.74, 6) is 0.309. The van der Waals surface area contributed by atoms with Crippen molar-refractivity contribution in [3.63, 3.8) is 0 Å². The summed E-state index contributed by atoms with van der Waals surface area (Å²) in [6.45, 7) is 1.92. The van der Waals surface area contributed by atoms with E-state index in [-0.39, 0.29) is 5.91 Å². The Morgan fingerprint density at radius 2 is 1.93 bits per heavy atom. The molecule has 0 bridgehead atoms. The number of hydrogen-bond donors (Lipinski definition) is 1. The van der Waals surface area contributed by atoms with Crippen molar-refractivity contribution in [2.24, 2.45) is 0 Å². The SMILES string of the molecule is Cc1c(NC(=O)c2cccc(Br)c2)cccc1-c1nc2cc(Cl)ccc2o1.